The standard InChI is InChI=1S/C28H26BrN/c1-19-5-15-27(21(3)17-19)30(28-16-6-20(2)18-22(28)4)26-13-9-24(10-14-26)23-7-11-25(29)12-8-23/h5-18H,1-4H3. The van der Waals surface area contributed by atoms with Gasteiger partial charge in [-0.2, -0.15) is 0 Å². The molecule has 0 aliphatic heterocycles. The Balaban J connectivity index is 1.82. The van der Waals surface area contributed by atoms with Crippen molar-refractivity contribution in [3.8, 4) is 11.1 Å². The Morgan fingerprint density at radius 3 is 1.40 bits per heavy atom. The van der Waals surface area contributed by atoms with Gasteiger partial charge in [-0.15, -0.1) is 0 Å². The Morgan fingerprint density at radius 1 is 0.533 bits per heavy atom. The molecule has 0 heterocycles. The largest absolute Gasteiger partial charge is 0.310 e. The van der Waals surface area contributed by atoms with E-state index in [0.717, 1.165) is 10.2 Å². The average Bonchev–Trinajstić information content (AvgIpc) is 2.72. The molecule has 0 N–H and O–H groups in total. The highest BCUT2D eigenvalue weighted by atomic mass is 79.9. The summed E-state index contributed by atoms with van der Waals surface area (Å²) in [5.41, 5.74) is 11.1. The number of rotatable bonds is 4. The fourth-order valence-electron chi connectivity index (χ4n) is 3.97. The van der Waals surface area contributed by atoms with Crippen LogP contribution in [0.25, 0.3) is 11.1 Å². The fourth-order valence-corrected chi connectivity index (χ4v) is 4.23. The highest BCUT2D eigenvalue weighted by Crippen LogP contribution is 2.39. The van der Waals surface area contributed by atoms with E-state index in [2.05, 4.69) is 133 Å². The van der Waals surface area contributed by atoms with Gasteiger partial charge in [-0.1, -0.05) is 75.6 Å². The Bertz CT molecular complexity index is 1120. The van der Waals surface area contributed by atoms with Crippen molar-refractivity contribution in [3.05, 3.63) is 112 Å². The summed E-state index contributed by atoms with van der Waals surface area (Å²) < 4.78 is 1.10. The minimum Gasteiger partial charge on any atom is -0.310 e. The van der Waals surface area contributed by atoms with Gasteiger partial charge in [-0.25, -0.2) is 0 Å². The summed E-state index contributed by atoms with van der Waals surface area (Å²) in [6.45, 7) is 8.67. The Morgan fingerprint density at radius 2 is 0.967 bits per heavy atom. The number of hydrogen-bond acceptors (Lipinski definition) is 1. The predicted octanol–water partition coefficient (Wildman–Crippen LogP) is 8.82. The first kappa shape index (κ1) is 20.4. The highest BCUT2D eigenvalue weighted by Gasteiger charge is 2.16. The summed E-state index contributed by atoms with van der Waals surface area (Å²) in [5.74, 6) is 0. The molecule has 0 radical (unpaired) electrons. The molecule has 30 heavy (non-hydrogen) atoms. The van der Waals surface area contributed by atoms with Gasteiger partial charge in [-0.3, -0.25) is 0 Å². The number of hydrogen-bond donors (Lipinski definition) is 0. The number of halogens is 1. The summed E-state index contributed by atoms with van der Waals surface area (Å²) in [7, 11) is 0. The van der Waals surface area contributed by atoms with E-state index in [4.69, 9.17) is 0 Å². The zero-order chi connectivity index (χ0) is 21.3. The topological polar surface area (TPSA) is 3.24 Å². The van der Waals surface area contributed by atoms with Gasteiger partial charge >= 0.3 is 0 Å². The molecule has 0 saturated carbocycles. The normalized spacial score (nSPS) is 10.8. The molecule has 0 aliphatic rings. The second-order valence-electron chi connectivity index (χ2n) is 7.97. The van der Waals surface area contributed by atoms with Crippen LogP contribution in [0, 0.1) is 27.7 Å². The lowest BCUT2D eigenvalue weighted by Crippen LogP contribution is -2.12. The second-order valence-corrected chi connectivity index (χ2v) is 8.88. The van der Waals surface area contributed by atoms with E-state index in [1.807, 2.05) is 0 Å². The average molecular weight is 456 g/mol. The van der Waals surface area contributed by atoms with Gasteiger partial charge in [0, 0.05) is 21.5 Å². The van der Waals surface area contributed by atoms with Crippen molar-refractivity contribution in [2.24, 2.45) is 0 Å². The zero-order valence-electron chi connectivity index (χ0n) is 17.9. The molecule has 0 amide bonds. The summed E-state index contributed by atoms with van der Waals surface area (Å²) in [6, 6.07) is 30.6. The minimum absolute atomic E-state index is 1.10. The first-order valence-corrected chi connectivity index (χ1v) is 11.0. The van der Waals surface area contributed by atoms with Crippen LogP contribution in [0.3, 0.4) is 0 Å². The molecule has 0 aliphatic carbocycles. The first-order chi connectivity index (χ1) is 14.4. The van der Waals surface area contributed by atoms with Crippen LogP contribution in [-0.4, -0.2) is 0 Å². The van der Waals surface area contributed by atoms with Crippen LogP contribution in [0.4, 0.5) is 17.1 Å². The van der Waals surface area contributed by atoms with E-state index in [9.17, 15) is 0 Å². The Labute approximate surface area is 188 Å². The van der Waals surface area contributed by atoms with Gasteiger partial charge in [0.15, 0.2) is 0 Å². The minimum atomic E-state index is 1.10. The smallest absolute Gasteiger partial charge is 0.0491 e. The Kier molecular flexibility index (Phi) is 5.78. The Hall–Kier alpha value is -2.84. The second kappa shape index (κ2) is 8.49. The molecule has 4 aromatic carbocycles. The summed E-state index contributed by atoms with van der Waals surface area (Å²) >= 11 is 3.52. The maximum absolute atomic E-state index is 3.52. The van der Waals surface area contributed by atoms with E-state index >= 15 is 0 Å². The third kappa shape index (κ3) is 4.20. The van der Waals surface area contributed by atoms with Crippen LogP contribution in [0.2, 0.25) is 0 Å². The van der Waals surface area contributed by atoms with Crippen molar-refractivity contribution in [2.75, 3.05) is 4.90 Å². The summed E-state index contributed by atoms with van der Waals surface area (Å²) in [6.07, 6.45) is 0. The molecule has 0 atom stereocenters. The lowest BCUT2D eigenvalue weighted by atomic mass is 10.0. The molecule has 0 saturated heterocycles. The molecular weight excluding hydrogens is 430 g/mol. The van der Waals surface area contributed by atoms with Crippen LogP contribution < -0.4 is 4.90 Å². The molecule has 0 aromatic heterocycles. The maximum atomic E-state index is 3.52. The molecule has 150 valence electrons. The molecule has 0 spiro atoms. The van der Waals surface area contributed by atoms with Crippen molar-refractivity contribution >= 4 is 33.0 Å². The number of benzene rings is 4. The van der Waals surface area contributed by atoms with Gasteiger partial charge in [0.05, 0.1) is 0 Å². The highest BCUT2D eigenvalue weighted by molar-refractivity contribution is 9.10. The monoisotopic (exact) mass is 455 g/mol. The molecule has 0 bridgehead atoms. The van der Waals surface area contributed by atoms with Crippen molar-refractivity contribution in [1.82, 2.24) is 0 Å². The molecule has 4 aromatic rings. The van der Waals surface area contributed by atoms with Crippen molar-refractivity contribution in [2.45, 2.75) is 27.7 Å². The number of anilines is 3. The zero-order valence-corrected chi connectivity index (χ0v) is 19.5. The lowest BCUT2D eigenvalue weighted by molar-refractivity contribution is 1.21. The molecule has 0 unspecified atom stereocenters. The van der Waals surface area contributed by atoms with E-state index in [-0.39, 0.29) is 0 Å². The number of nitrogens with zero attached hydrogens (tertiary/aromatic N) is 1. The van der Waals surface area contributed by atoms with E-state index < -0.39 is 0 Å². The van der Waals surface area contributed by atoms with Gasteiger partial charge in [-0.05, 0) is 86.3 Å². The van der Waals surface area contributed by atoms with E-state index in [1.54, 1.807) is 0 Å². The molecule has 1 nitrogen and oxygen atoms in total. The third-order valence-electron chi connectivity index (χ3n) is 5.49. The van der Waals surface area contributed by atoms with Gasteiger partial charge in [0.1, 0.15) is 0 Å². The third-order valence-corrected chi connectivity index (χ3v) is 6.02. The first-order valence-electron chi connectivity index (χ1n) is 10.2. The summed E-state index contributed by atoms with van der Waals surface area (Å²) in [5, 5.41) is 0. The molecule has 2 heteroatoms. The SMILES string of the molecule is Cc1ccc(N(c2ccc(-c3ccc(Br)cc3)cc2)c2ccc(C)cc2C)c(C)c1. The quantitative estimate of drug-likeness (QED) is 0.297. The van der Waals surface area contributed by atoms with Gasteiger partial charge in [0.2, 0.25) is 0 Å². The van der Waals surface area contributed by atoms with Crippen LogP contribution in [-0.2, 0) is 0 Å². The van der Waals surface area contributed by atoms with Crippen LogP contribution in [0.15, 0.2) is 89.4 Å². The van der Waals surface area contributed by atoms with Gasteiger partial charge in [0.25, 0.3) is 0 Å². The fraction of sp³-hybridized carbons (Fsp3) is 0.143. The van der Waals surface area contributed by atoms with Crippen molar-refractivity contribution < 1.29 is 0 Å². The van der Waals surface area contributed by atoms with Crippen molar-refractivity contribution in [1.29, 1.82) is 0 Å². The summed E-state index contributed by atoms with van der Waals surface area (Å²) in [4.78, 5) is 2.37. The van der Waals surface area contributed by atoms with Crippen molar-refractivity contribution in [3.63, 3.8) is 0 Å². The molecule has 0 fully saturated rings. The predicted molar refractivity (Wildman–Crippen MR) is 133 cm³/mol. The maximum Gasteiger partial charge on any atom is 0.0491 e. The molecule has 4 rings (SSSR count). The van der Waals surface area contributed by atoms with Crippen LogP contribution >= 0.6 is 15.9 Å². The van der Waals surface area contributed by atoms with E-state index in [1.165, 1.54) is 44.8 Å². The van der Waals surface area contributed by atoms with E-state index in [0.29, 0.717) is 0 Å². The molecular formula is C28H26BrN. The van der Waals surface area contributed by atoms with Crippen LogP contribution in [0.5, 0.6) is 0 Å². The lowest BCUT2D eigenvalue weighted by Gasteiger charge is -2.29. The van der Waals surface area contributed by atoms with Crippen LogP contribution in [0.1, 0.15) is 22.3 Å². The van der Waals surface area contributed by atoms with Gasteiger partial charge < -0.3 is 4.90 Å². The number of aryl methyl sites for hydroxylation is 4.